The third-order valence-corrected chi connectivity index (χ3v) is 2.75. The highest BCUT2D eigenvalue weighted by molar-refractivity contribution is 7.79. The van der Waals surface area contributed by atoms with Crippen molar-refractivity contribution < 1.29 is 0 Å². The molecule has 78 valence electrons. The molecule has 0 atom stereocenters. The van der Waals surface area contributed by atoms with Gasteiger partial charge in [-0.15, -0.1) is 0 Å². The van der Waals surface area contributed by atoms with Gasteiger partial charge in [0.25, 0.3) is 0 Å². The molecule has 0 radical (unpaired) electrons. The Hall–Kier alpha value is -1.22. The molecule has 0 bridgehead atoms. The van der Waals surface area contributed by atoms with E-state index in [1.54, 1.807) is 0 Å². The van der Waals surface area contributed by atoms with Crippen molar-refractivity contribution in [1.29, 1.82) is 0 Å². The van der Waals surface area contributed by atoms with Gasteiger partial charge in [0.1, 0.15) is 5.82 Å². The number of hydrogen-bond donors (Lipinski definition) is 2. The van der Waals surface area contributed by atoms with Crippen molar-refractivity contribution in [3.8, 4) is 11.3 Å². The standard InChI is InChI=1S/C12H14N2S/c1-8-3-4-10(9(2)5-8)11-6-13-12(7-15)14-11/h3-6,15H,7H2,1-2H3,(H,13,14). The topological polar surface area (TPSA) is 28.7 Å². The minimum absolute atomic E-state index is 0.644. The summed E-state index contributed by atoms with van der Waals surface area (Å²) in [5.41, 5.74) is 4.83. The van der Waals surface area contributed by atoms with Crippen LogP contribution in [0.4, 0.5) is 0 Å². The molecule has 1 N–H and O–H groups in total. The molecule has 2 rings (SSSR count). The Kier molecular flexibility index (Phi) is 2.82. The van der Waals surface area contributed by atoms with E-state index >= 15 is 0 Å². The fraction of sp³-hybridized carbons (Fsp3) is 0.250. The van der Waals surface area contributed by atoms with Crippen molar-refractivity contribution in [2.75, 3.05) is 0 Å². The van der Waals surface area contributed by atoms with Crippen molar-refractivity contribution in [2.45, 2.75) is 19.6 Å². The summed E-state index contributed by atoms with van der Waals surface area (Å²) in [5.74, 6) is 1.55. The van der Waals surface area contributed by atoms with Gasteiger partial charge in [-0.2, -0.15) is 12.6 Å². The molecule has 0 saturated carbocycles. The highest BCUT2D eigenvalue weighted by atomic mass is 32.1. The molecule has 1 aromatic carbocycles. The summed E-state index contributed by atoms with van der Waals surface area (Å²) in [7, 11) is 0. The number of rotatable bonds is 2. The lowest BCUT2D eigenvalue weighted by Crippen LogP contribution is -1.85. The number of nitrogens with one attached hydrogen (secondary N) is 1. The lowest BCUT2D eigenvalue weighted by molar-refractivity contribution is 1.13. The SMILES string of the molecule is Cc1ccc(-c2cnc(CS)[nH]2)c(C)c1. The van der Waals surface area contributed by atoms with Crippen LogP contribution >= 0.6 is 12.6 Å². The van der Waals surface area contributed by atoms with Crippen LogP contribution in [0.5, 0.6) is 0 Å². The summed E-state index contributed by atoms with van der Waals surface area (Å²) in [6.45, 7) is 4.21. The van der Waals surface area contributed by atoms with Crippen LogP contribution in [0.1, 0.15) is 17.0 Å². The number of benzene rings is 1. The maximum Gasteiger partial charge on any atom is 0.116 e. The molecule has 0 fully saturated rings. The quantitative estimate of drug-likeness (QED) is 0.745. The van der Waals surface area contributed by atoms with Gasteiger partial charge in [0.2, 0.25) is 0 Å². The molecule has 3 heteroatoms. The normalized spacial score (nSPS) is 10.6. The van der Waals surface area contributed by atoms with Crippen LogP contribution in [0.3, 0.4) is 0 Å². The molecule has 0 aliphatic heterocycles. The number of aryl methyl sites for hydroxylation is 2. The second-order valence-corrected chi connectivity index (χ2v) is 4.04. The number of nitrogens with zero attached hydrogens (tertiary/aromatic N) is 1. The minimum atomic E-state index is 0.644. The Balaban J connectivity index is 2.44. The zero-order valence-electron chi connectivity index (χ0n) is 8.91. The van der Waals surface area contributed by atoms with Crippen LogP contribution in [0.15, 0.2) is 24.4 Å². The molecule has 1 heterocycles. The molecule has 0 saturated heterocycles. The maximum absolute atomic E-state index is 4.24. The molecule has 0 aliphatic rings. The first-order valence-electron chi connectivity index (χ1n) is 4.93. The molecule has 1 aromatic heterocycles. The second-order valence-electron chi connectivity index (χ2n) is 3.72. The zero-order valence-corrected chi connectivity index (χ0v) is 9.81. The molecule has 2 aromatic rings. The summed E-state index contributed by atoms with van der Waals surface area (Å²) >= 11 is 4.18. The molecular formula is C12H14N2S. The second kappa shape index (κ2) is 4.11. The van der Waals surface area contributed by atoms with Gasteiger partial charge >= 0.3 is 0 Å². The average molecular weight is 218 g/mol. The third-order valence-electron chi connectivity index (χ3n) is 2.45. The number of aromatic nitrogens is 2. The number of thiol groups is 1. The van der Waals surface area contributed by atoms with Crippen LogP contribution in [-0.2, 0) is 5.75 Å². The van der Waals surface area contributed by atoms with E-state index in [9.17, 15) is 0 Å². The highest BCUT2D eigenvalue weighted by Gasteiger charge is 2.04. The summed E-state index contributed by atoms with van der Waals surface area (Å²) in [5, 5.41) is 0. The summed E-state index contributed by atoms with van der Waals surface area (Å²) < 4.78 is 0. The van der Waals surface area contributed by atoms with Gasteiger partial charge in [0.05, 0.1) is 11.9 Å². The molecule has 15 heavy (non-hydrogen) atoms. The predicted molar refractivity (Wildman–Crippen MR) is 66.2 cm³/mol. The van der Waals surface area contributed by atoms with Crippen molar-refractivity contribution >= 4 is 12.6 Å². The van der Waals surface area contributed by atoms with Crippen LogP contribution < -0.4 is 0 Å². The van der Waals surface area contributed by atoms with E-state index in [-0.39, 0.29) is 0 Å². The first-order chi connectivity index (χ1) is 7.20. The predicted octanol–water partition coefficient (Wildman–Crippen LogP) is 3.12. The Bertz CT molecular complexity index is 474. The Labute approximate surface area is 95.2 Å². The maximum atomic E-state index is 4.24. The fourth-order valence-corrected chi connectivity index (χ4v) is 1.86. The first-order valence-corrected chi connectivity index (χ1v) is 5.56. The first kappa shape index (κ1) is 10.3. The van der Waals surface area contributed by atoms with Gasteiger partial charge in [-0.25, -0.2) is 4.98 Å². The summed E-state index contributed by atoms with van der Waals surface area (Å²) in [4.78, 5) is 7.49. The van der Waals surface area contributed by atoms with E-state index in [0.717, 1.165) is 11.5 Å². The van der Waals surface area contributed by atoms with Gasteiger partial charge in [-0.05, 0) is 19.4 Å². The summed E-state index contributed by atoms with van der Waals surface area (Å²) in [6.07, 6.45) is 1.86. The molecular weight excluding hydrogens is 204 g/mol. The molecule has 0 spiro atoms. The largest absolute Gasteiger partial charge is 0.341 e. The Morgan fingerprint density at radius 1 is 1.33 bits per heavy atom. The number of H-pyrrole nitrogens is 1. The lowest BCUT2D eigenvalue weighted by Gasteiger charge is -2.03. The third kappa shape index (κ3) is 2.07. The van der Waals surface area contributed by atoms with Crippen LogP contribution in [0, 0.1) is 13.8 Å². The monoisotopic (exact) mass is 218 g/mol. The van der Waals surface area contributed by atoms with Crippen molar-refractivity contribution in [3.05, 3.63) is 41.3 Å². The summed E-state index contributed by atoms with van der Waals surface area (Å²) in [6, 6.07) is 6.42. The lowest BCUT2D eigenvalue weighted by atomic mass is 10.0. The number of hydrogen-bond acceptors (Lipinski definition) is 2. The molecule has 0 aliphatic carbocycles. The van der Waals surface area contributed by atoms with Crippen LogP contribution in [-0.4, -0.2) is 9.97 Å². The van der Waals surface area contributed by atoms with E-state index in [0.29, 0.717) is 5.75 Å². The van der Waals surface area contributed by atoms with E-state index in [2.05, 4.69) is 54.6 Å². The fourth-order valence-electron chi connectivity index (χ4n) is 1.70. The molecule has 2 nitrogen and oxygen atoms in total. The average Bonchev–Trinajstić information content (AvgIpc) is 2.66. The van der Waals surface area contributed by atoms with E-state index in [1.165, 1.54) is 16.7 Å². The van der Waals surface area contributed by atoms with E-state index < -0.39 is 0 Å². The van der Waals surface area contributed by atoms with Gasteiger partial charge in [-0.3, -0.25) is 0 Å². The van der Waals surface area contributed by atoms with Crippen LogP contribution in [0.25, 0.3) is 11.3 Å². The van der Waals surface area contributed by atoms with Crippen molar-refractivity contribution in [3.63, 3.8) is 0 Å². The van der Waals surface area contributed by atoms with Gasteiger partial charge in [-0.1, -0.05) is 23.8 Å². The van der Waals surface area contributed by atoms with Gasteiger partial charge in [0.15, 0.2) is 0 Å². The zero-order chi connectivity index (χ0) is 10.8. The van der Waals surface area contributed by atoms with Crippen molar-refractivity contribution in [2.24, 2.45) is 0 Å². The smallest absolute Gasteiger partial charge is 0.116 e. The van der Waals surface area contributed by atoms with Gasteiger partial charge in [0, 0.05) is 11.3 Å². The number of aromatic amines is 1. The van der Waals surface area contributed by atoms with Gasteiger partial charge < -0.3 is 4.98 Å². The van der Waals surface area contributed by atoms with Crippen LogP contribution in [0.2, 0.25) is 0 Å². The minimum Gasteiger partial charge on any atom is -0.341 e. The van der Waals surface area contributed by atoms with E-state index in [1.807, 2.05) is 6.20 Å². The van der Waals surface area contributed by atoms with Crippen molar-refractivity contribution in [1.82, 2.24) is 9.97 Å². The Morgan fingerprint density at radius 3 is 2.73 bits per heavy atom. The highest BCUT2D eigenvalue weighted by Crippen LogP contribution is 2.22. The molecule has 0 unspecified atom stereocenters. The number of imidazole rings is 1. The molecule has 0 amide bonds. The van der Waals surface area contributed by atoms with E-state index in [4.69, 9.17) is 0 Å². The Morgan fingerprint density at radius 2 is 2.13 bits per heavy atom.